The van der Waals surface area contributed by atoms with Gasteiger partial charge in [-0.3, -0.25) is 4.79 Å². The van der Waals surface area contributed by atoms with Gasteiger partial charge in [-0.1, -0.05) is 13.8 Å². The average molecular weight is 270 g/mol. The maximum absolute atomic E-state index is 11.8. The highest BCUT2D eigenvalue weighted by atomic mass is 32.1. The summed E-state index contributed by atoms with van der Waals surface area (Å²) in [5.74, 6) is -0.112. The van der Waals surface area contributed by atoms with E-state index >= 15 is 0 Å². The summed E-state index contributed by atoms with van der Waals surface area (Å²) in [6, 6.07) is 0. The van der Waals surface area contributed by atoms with Gasteiger partial charge in [0.1, 0.15) is 10.7 Å². The average Bonchev–Trinajstić information content (AvgIpc) is 2.86. The number of hydrogen-bond donors (Lipinski definition) is 2. The van der Waals surface area contributed by atoms with Crippen molar-refractivity contribution in [3.63, 3.8) is 0 Å². The minimum Gasteiger partial charge on any atom is -0.349 e. The summed E-state index contributed by atoms with van der Waals surface area (Å²) in [6.07, 6.45) is 1.13. The van der Waals surface area contributed by atoms with Gasteiger partial charge >= 0.3 is 0 Å². The van der Waals surface area contributed by atoms with Gasteiger partial charge in [-0.2, -0.15) is 0 Å². The molecule has 18 heavy (non-hydrogen) atoms. The van der Waals surface area contributed by atoms with E-state index in [9.17, 15) is 4.79 Å². The summed E-state index contributed by atoms with van der Waals surface area (Å²) in [5, 5.41) is 5.43. The third-order valence-electron chi connectivity index (χ3n) is 2.66. The van der Waals surface area contributed by atoms with E-state index in [1.807, 2.05) is 0 Å². The fraction of sp³-hybridized carbons (Fsp3) is 0.667. The summed E-state index contributed by atoms with van der Waals surface area (Å²) in [4.78, 5) is 18.2. The summed E-state index contributed by atoms with van der Waals surface area (Å²) in [5.41, 5.74) is 5.94. The zero-order valence-corrected chi connectivity index (χ0v) is 11.9. The molecule has 0 radical (unpaired) electrons. The number of likely N-dealkylation sites (N-methyl/N-ethyl adjacent to an activating group) is 1. The van der Waals surface area contributed by atoms with Crippen LogP contribution in [-0.4, -0.2) is 42.0 Å². The lowest BCUT2D eigenvalue weighted by molar-refractivity contribution is 0.0944. The molecule has 0 fully saturated rings. The van der Waals surface area contributed by atoms with Gasteiger partial charge < -0.3 is 16.0 Å². The third kappa shape index (κ3) is 4.72. The molecule has 0 saturated heterocycles. The maximum atomic E-state index is 11.8. The fourth-order valence-electron chi connectivity index (χ4n) is 1.67. The van der Waals surface area contributed by atoms with Crippen molar-refractivity contribution in [1.82, 2.24) is 15.2 Å². The number of nitrogens with two attached hydrogens (primary N) is 1. The fourth-order valence-corrected chi connectivity index (χ4v) is 2.33. The Morgan fingerprint density at radius 1 is 1.50 bits per heavy atom. The van der Waals surface area contributed by atoms with Crippen LogP contribution in [0.3, 0.4) is 0 Å². The second-order valence-electron chi connectivity index (χ2n) is 4.02. The first kappa shape index (κ1) is 15.1. The molecule has 0 spiro atoms. The van der Waals surface area contributed by atoms with Crippen LogP contribution >= 0.6 is 11.3 Å². The van der Waals surface area contributed by atoms with Crippen LogP contribution in [0.2, 0.25) is 0 Å². The molecule has 1 heterocycles. The molecule has 0 unspecified atom stereocenters. The van der Waals surface area contributed by atoms with Crippen molar-refractivity contribution in [3.8, 4) is 0 Å². The van der Waals surface area contributed by atoms with Crippen LogP contribution in [0.4, 0.5) is 0 Å². The molecule has 1 aromatic rings. The lowest BCUT2D eigenvalue weighted by atomic mass is 10.4. The van der Waals surface area contributed by atoms with E-state index in [0.717, 1.165) is 31.1 Å². The van der Waals surface area contributed by atoms with Crippen molar-refractivity contribution in [2.75, 3.05) is 26.2 Å². The van der Waals surface area contributed by atoms with E-state index in [4.69, 9.17) is 5.73 Å². The number of carbonyl (C=O) groups excluding carboxylic acids is 1. The smallest absolute Gasteiger partial charge is 0.270 e. The van der Waals surface area contributed by atoms with Gasteiger partial charge in [0, 0.05) is 25.0 Å². The molecular weight excluding hydrogens is 248 g/mol. The number of aromatic nitrogens is 1. The van der Waals surface area contributed by atoms with Gasteiger partial charge in [-0.25, -0.2) is 4.98 Å². The van der Waals surface area contributed by atoms with Gasteiger partial charge in [0.15, 0.2) is 0 Å². The van der Waals surface area contributed by atoms with E-state index in [-0.39, 0.29) is 5.91 Å². The zero-order valence-electron chi connectivity index (χ0n) is 11.1. The Morgan fingerprint density at radius 2 is 2.28 bits per heavy atom. The third-order valence-corrected chi connectivity index (χ3v) is 3.53. The number of nitrogens with zero attached hydrogens (tertiary/aromatic N) is 2. The van der Waals surface area contributed by atoms with Crippen LogP contribution in [0.5, 0.6) is 0 Å². The molecule has 102 valence electrons. The van der Waals surface area contributed by atoms with Crippen molar-refractivity contribution < 1.29 is 4.79 Å². The van der Waals surface area contributed by atoms with Crippen LogP contribution in [0.15, 0.2) is 5.38 Å². The Kier molecular flexibility index (Phi) is 6.85. The minimum absolute atomic E-state index is 0.112. The van der Waals surface area contributed by atoms with E-state index < -0.39 is 0 Å². The van der Waals surface area contributed by atoms with Gasteiger partial charge in [0.05, 0.1) is 0 Å². The van der Waals surface area contributed by atoms with Crippen molar-refractivity contribution in [3.05, 3.63) is 16.1 Å². The molecule has 5 nitrogen and oxygen atoms in total. The van der Waals surface area contributed by atoms with Crippen molar-refractivity contribution >= 4 is 17.2 Å². The molecule has 0 bridgehead atoms. The van der Waals surface area contributed by atoms with E-state index in [0.29, 0.717) is 18.8 Å². The Hall–Kier alpha value is -0.980. The molecule has 1 rings (SSSR count). The van der Waals surface area contributed by atoms with Crippen molar-refractivity contribution in [2.24, 2.45) is 5.73 Å². The normalized spacial score (nSPS) is 10.9. The molecule has 0 aliphatic rings. The maximum Gasteiger partial charge on any atom is 0.270 e. The van der Waals surface area contributed by atoms with E-state index in [1.165, 1.54) is 11.3 Å². The number of thiazole rings is 1. The lowest BCUT2D eigenvalue weighted by Crippen LogP contribution is -2.35. The van der Waals surface area contributed by atoms with Crippen LogP contribution in [0.25, 0.3) is 0 Å². The van der Waals surface area contributed by atoms with Crippen molar-refractivity contribution in [2.45, 2.75) is 26.8 Å². The molecule has 0 aromatic carbocycles. The highest BCUT2D eigenvalue weighted by molar-refractivity contribution is 7.09. The van der Waals surface area contributed by atoms with Gasteiger partial charge in [0.25, 0.3) is 5.91 Å². The van der Waals surface area contributed by atoms with Gasteiger partial charge in [-0.15, -0.1) is 11.3 Å². The Balaban J connectivity index is 2.32. The number of rotatable bonds is 8. The lowest BCUT2D eigenvalue weighted by Gasteiger charge is -2.19. The van der Waals surface area contributed by atoms with E-state index in [2.05, 4.69) is 29.0 Å². The molecule has 1 amide bonds. The monoisotopic (exact) mass is 270 g/mol. The topological polar surface area (TPSA) is 71.2 Å². The Labute approximate surface area is 112 Å². The molecule has 6 heteroatoms. The van der Waals surface area contributed by atoms with Crippen LogP contribution in [0.1, 0.15) is 35.8 Å². The van der Waals surface area contributed by atoms with Crippen molar-refractivity contribution in [1.29, 1.82) is 0 Å². The number of nitrogens with one attached hydrogen (secondary N) is 1. The first-order valence-corrected chi connectivity index (χ1v) is 7.24. The second kappa shape index (κ2) is 8.18. The molecule has 1 aromatic heterocycles. The largest absolute Gasteiger partial charge is 0.349 e. The predicted octanol–water partition coefficient (Wildman–Crippen LogP) is 1.06. The zero-order chi connectivity index (χ0) is 13.4. The first-order valence-electron chi connectivity index (χ1n) is 6.36. The first-order chi connectivity index (χ1) is 8.71. The number of carbonyl (C=O) groups is 1. The van der Waals surface area contributed by atoms with Crippen LogP contribution < -0.4 is 11.1 Å². The van der Waals surface area contributed by atoms with Crippen LogP contribution in [-0.2, 0) is 6.54 Å². The number of hydrogen-bond acceptors (Lipinski definition) is 5. The predicted molar refractivity (Wildman–Crippen MR) is 74.7 cm³/mol. The molecular formula is C12H22N4OS. The summed E-state index contributed by atoms with van der Waals surface area (Å²) in [6.45, 7) is 8.29. The Morgan fingerprint density at radius 3 is 2.83 bits per heavy atom. The Bertz CT molecular complexity index is 367. The van der Waals surface area contributed by atoms with Gasteiger partial charge in [0.2, 0.25) is 0 Å². The van der Waals surface area contributed by atoms with Gasteiger partial charge in [-0.05, 0) is 19.5 Å². The molecule has 0 aliphatic heterocycles. The molecule has 0 saturated carbocycles. The SMILES string of the molecule is CCCN(CC)CCNC(=O)c1csc(CN)n1. The summed E-state index contributed by atoms with van der Waals surface area (Å²) < 4.78 is 0. The highest BCUT2D eigenvalue weighted by Gasteiger charge is 2.10. The quantitative estimate of drug-likeness (QED) is 0.741. The second-order valence-corrected chi connectivity index (χ2v) is 4.96. The summed E-state index contributed by atoms with van der Waals surface area (Å²) in [7, 11) is 0. The highest BCUT2D eigenvalue weighted by Crippen LogP contribution is 2.08. The molecule has 0 aliphatic carbocycles. The molecule has 3 N–H and O–H groups in total. The van der Waals surface area contributed by atoms with Crippen LogP contribution in [0, 0.1) is 0 Å². The van der Waals surface area contributed by atoms with E-state index in [1.54, 1.807) is 5.38 Å². The minimum atomic E-state index is -0.112. The molecule has 0 atom stereocenters. The number of amides is 1. The summed E-state index contributed by atoms with van der Waals surface area (Å²) >= 11 is 1.42. The standard InChI is InChI=1S/C12H22N4OS/c1-3-6-16(4-2)7-5-14-12(17)10-9-18-11(8-13)15-10/h9H,3-8,13H2,1-2H3,(H,14,17).